The third-order valence-corrected chi connectivity index (χ3v) is 13.5. The van der Waals surface area contributed by atoms with Crippen LogP contribution in [0.4, 0.5) is 0 Å². The Morgan fingerprint density at radius 2 is 1.91 bits per heavy atom. The summed E-state index contributed by atoms with van der Waals surface area (Å²) in [6.45, 7) is 9.33. The van der Waals surface area contributed by atoms with Crippen LogP contribution in [0.2, 0.25) is 0 Å². The Morgan fingerprint density at radius 3 is 2.63 bits per heavy atom. The lowest BCUT2D eigenvalue weighted by Crippen LogP contribution is -2.63. The quantitative estimate of drug-likeness (QED) is 0.245. The van der Waals surface area contributed by atoms with Crippen LogP contribution in [0, 0.1) is 40.4 Å². The van der Waals surface area contributed by atoms with Gasteiger partial charge in [-0.15, -0.1) is 0 Å². The molecule has 43 heavy (non-hydrogen) atoms. The third kappa shape index (κ3) is 4.76. The summed E-state index contributed by atoms with van der Waals surface area (Å²) >= 11 is 0. The van der Waals surface area contributed by atoms with Crippen LogP contribution in [0.1, 0.15) is 85.5 Å². The summed E-state index contributed by atoms with van der Waals surface area (Å²) in [5.74, 6) is -0.266. The molecule has 6 aliphatic rings. The van der Waals surface area contributed by atoms with Crippen LogP contribution in [0.3, 0.4) is 0 Å². The first-order valence-corrected chi connectivity index (χ1v) is 16.8. The van der Waals surface area contributed by atoms with E-state index in [0.29, 0.717) is 38.9 Å². The number of hydrogen-bond donors (Lipinski definition) is 4. The van der Waals surface area contributed by atoms with Gasteiger partial charge in [0, 0.05) is 31.7 Å². The predicted octanol–water partition coefficient (Wildman–Crippen LogP) is 3.73. The number of carbonyl (C=O) groups is 1. The molecule has 0 bridgehead atoms. The second kappa shape index (κ2) is 11.3. The smallest absolute Gasteiger partial charge is 0.159 e. The first kappa shape index (κ1) is 31.8. The van der Waals surface area contributed by atoms with Gasteiger partial charge in [0.15, 0.2) is 5.78 Å². The van der Waals surface area contributed by atoms with Gasteiger partial charge in [0.05, 0.1) is 35.6 Å². The zero-order valence-corrected chi connectivity index (χ0v) is 26.7. The lowest BCUT2D eigenvalue weighted by atomic mass is 9.46. The standard InChI is InChI=1S/C35H54O8/c1-20-22-8-6-9-26(36)30(22)43-29(20)31(38)34(4,39)28-12-15-35(40)24-19-27(37)25-18-21(42-17-7-16-41-5)10-13-32(25,2)23(24)11-14-33(28,35)3/h6,9,19-23,25-26,28-31,36,38-40H,7-8,10-18H2,1-5H3/t20-,21+,22-,23+,25+,26+,28+,29+,30+,31-,32-,33-,34+,35-/m1/s1. The molecule has 3 saturated carbocycles. The molecule has 0 amide bonds. The number of hydrogen-bond acceptors (Lipinski definition) is 8. The molecule has 4 N–H and O–H groups in total. The van der Waals surface area contributed by atoms with Crippen molar-refractivity contribution >= 4 is 5.78 Å². The van der Waals surface area contributed by atoms with Crippen LogP contribution in [-0.2, 0) is 19.0 Å². The van der Waals surface area contributed by atoms with E-state index in [9.17, 15) is 25.2 Å². The van der Waals surface area contributed by atoms with E-state index < -0.39 is 34.9 Å². The van der Waals surface area contributed by atoms with Gasteiger partial charge in [-0.2, -0.15) is 0 Å². The Kier molecular flexibility index (Phi) is 8.36. The molecule has 242 valence electrons. The minimum atomic E-state index is -1.53. The molecule has 4 fully saturated rings. The lowest BCUT2D eigenvalue weighted by Gasteiger charge is -2.60. The van der Waals surface area contributed by atoms with Crippen molar-refractivity contribution in [1.29, 1.82) is 0 Å². The van der Waals surface area contributed by atoms with Gasteiger partial charge in [0.2, 0.25) is 0 Å². The van der Waals surface area contributed by atoms with E-state index in [2.05, 4.69) is 13.8 Å². The summed E-state index contributed by atoms with van der Waals surface area (Å²) in [5, 5.41) is 47.1. The largest absolute Gasteiger partial charge is 0.387 e. The molecular weight excluding hydrogens is 548 g/mol. The maximum absolute atomic E-state index is 13.8. The van der Waals surface area contributed by atoms with Crippen LogP contribution in [0.25, 0.3) is 0 Å². The van der Waals surface area contributed by atoms with Crippen LogP contribution >= 0.6 is 0 Å². The van der Waals surface area contributed by atoms with E-state index >= 15 is 0 Å². The molecule has 14 atom stereocenters. The molecule has 8 nitrogen and oxygen atoms in total. The molecule has 0 radical (unpaired) electrons. The Hall–Kier alpha value is -1.13. The van der Waals surface area contributed by atoms with E-state index in [1.807, 2.05) is 13.0 Å². The molecule has 5 aliphatic carbocycles. The third-order valence-electron chi connectivity index (χ3n) is 13.5. The molecule has 0 aromatic rings. The highest BCUT2D eigenvalue weighted by molar-refractivity contribution is 5.95. The average Bonchev–Trinajstić information content (AvgIpc) is 3.46. The van der Waals surface area contributed by atoms with Crippen LogP contribution in [0.15, 0.2) is 23.8 Å². The monoisotopic (exact) mass is 602 g/mol. The molecular formula is C35H54O8. The van der Waals surface area contributed by atoms with E-state index in [0.717, 1.165) is 37.7 Å². The highest BCUT2D eigenvalue weighted by Crippen LogP contribution is 2.69. The Morgan fingerprint density at radius 1 is 1.14 bits per heavy atom. The highest BCUT2D eigenvalue weighted by atomic mass is 16.5. The number of ketones is 1. The topological polar surface area (TPSA) is 126 Å². The van der Waals surface area contributed by atoms with E-state index in [1.54, 1.807) is 26.2 Å². The average molecular weight is 603 g/mol. The van der Waals surface area contributed by atoms with Crippen molar-refractivity contribution in [1.82, 2.24) is 0 Å². The number of allylic oxidation sites excluding steroid dienone is 2. The van der Waals surface area contributed by atoms with E-state index in [-0.39, 0.29) is 53.0 Å². The number of aliphatic hydroxyl groups is 4. The minimum absolute atomic E-state index is 0.0375. The number of aliphatic hydroxyl groups excluding tert-OH is 2. The summed E-state index contributed by atoms with van der Waals surface area (Å²) in [6.07, 6.45) is 9.33. The summed E-state index contributed by atoms with van der Waals surface area (Å²) in [6, 6.07) is 0. The Bertz CT molecular complexity index is 1130. The number of fused-ring (bicyclic) bond motifs is 6. The van der Waals surface area contributed by atoms with Gasteiger partial charge in [0.25, 0.3) is 0 Å². The summed E-state index contributed by atoms with van der Waals surface area (Å²) in [5.41, 5.74) is -2.84. The second-order valence-electron chi connectivity index (χ2n) is 15.5. The van der Waals surface area contributed by atoms with Crippen molar-refractivity contribution in [2.75, 3.05) is 20.3 Å². The number of methoxy groups -OCH3 is 1. The van der Waals surface area contributed by atoms with E-state index in [4.69, 9.17) is 14.2 Å². The summed E-state index contributed by atoms with van der Waals surface area (Å²) in [7, 11) is 1.69. The fourth-order valence-corrected chi connectivity index (χ4v) is 10.9. The fourth-order valence-electron chi connectivity index (χ4n) is 10.9. The molecule has 6 rings (SSSR count). The minimum Gasteiger partial charge on any atom is -0.387 e. The number of rotatable bonds is 8. The zero-order valence-electron chi connectivity index (χ0n) is 26.7. The van der Waals surface area contributed by atoms with Gasteiger partial charge in [-0.3, -0.25) is 4.79 Å². The van der Waals surface area contributed by atoms with Crippen molar-refractivity contribution in [2.45, 2.75) is 127 Å². The number of carbonyl (C=O) groups excluding carboxylic acids is 1. The van der Waals surface area contributed by atoms with Gasteiger partial charge in [-0.1, -0.05) is 32.9 Å². The second-order valence-corrected chi connectivity index (χ2v) is 15.5. The first-order valence-electron chi connectivity index (χ1n) is 16.8. The maximum atomic E-state index is 13.8. The lowest BCUT2D eigenvalue weighted by molar-refractivity contribution is -0.199. The van der Waals surface area contributed by atoms with Gasteiger partial charge in [-0.25, -0.2) is 0 Å². The van der Waals surface area contributed by atoms with Crippen molar-refractivity contribution < 1.29 is 39.4 Å². The van der Waals surface area contributed by atoms with Crippen molar-refractivity contribution in [2.24, 2.45) is 40.4 Å². The van der Waals surface area contributed by atoms with Gasteiger partial charge < -0.3 is 34.6 Å². The number of ether oxygens (including phenoxy) is 3. The predicted molar refractivity (Wildman–Crippen MR) is 161 cm³/mol. The van der Waals surface area contributed by atoms with Crippen molar-refractivity contribution in [3.05, 3.63) is 23.8 Å². The normalized spacial score (nSPS) is 49.4. The van der Waals surface area contributed by atoms with Crippen molar-refractivity contribution in [3.8, 4) is 0 Å². The molecule has 1 aliphatic heterocycles. The van der Waals surface area contributed by atoms with Gasteiger partial charge in [0.1, 0.15) is 6.10 Å². The molecule has 0 unspecified atom stereocenters. The molecule has 8 heteroatoms. The maximum Gasteiger partial charge on any atom is 0.159 e. The Labute approximate surface area is 256 Å². The molecule has 0 spiro atoms. The fraction of sp³-hybridized carbons (Fsp3) is 0.857. The van der Waals surface area contributed by atoms with Crippen molar-refractivity contribution in [3.63, 3.8) is 0 Å². The first-order chi connectivity index (χ1) is 20.3. The molecule has 0 aromatic heterocycles. The summed E-state index contributed by atoms with van der Waals surface area (Å²) in [4.78, 5) is 13.8. The highest BCUT2D eigenvalue weighted by Gasteiger charge is 2.69. The van der Waals surface area contributed by atoms with Crippen LogP contribution in [-0.4, -0.2) is 88.3 Å². The van der Waals surface area contributed by atoms with E-state index in [1.165, 1.54) is 0 Å². The van der Waals surface area contributed by atoms with Crippen LogP contribution in [0.5, 0.6) is 0 Å². The SMILES string of the molecule is COCCCO[C@H]1CC[C@@]2(C)[C@@H](C1)C(=O)C=C1[C@@H]2CC[C@]2(C)[C@@H]([C@](C)(O)[C@H](O)[C@H]3O[C@H]4[C@H](CC=C[C@@H]4O)[C@H]3C)CC[C@@]12O. The molecule has 0 aromatic carbocycles. The van der Waals surface area contributed by atoms with Crippen LogP contribution < -0.4 is 0 Å². The Balaban J connectivity index is 1.22. The zero-order chi connectivity index (χ0) is 30.9. The molecule has 1 heterocycles. The van der Waals surface area contributed by atoms with Gasteiger partial charge in [-0.05, 0) is 105 Å². The summed E-state index contributed by atoms with van der Waals surface area (Å²) < 4.78 is 17.6. The molecule has 1 saturated heterocycles. The van der Waals surface area contributed by atoms with Gasteiger partial charge >= 0.3 is 0 Å².